The maximum absolute atomic E-state index is 12.0. The fraction of sp³-hybridized carbons (Fsp3) is 0.812. The van der Waals surface area contributed by atoms with Crippen LogP contribution in [0.2, 0.25) is 0 Å². The van der Waals surface area contributed by atoms with Gasteiger partial charge in [0.15, 0.2) is 0 Å². The topological polar surface area (TPSA) is 84.5 Å². The van der Waals surface area contributed by atoms with Crippen molar-refractivity contribution in [2.45, 2.75) is 78.0 Å². The number of esters is 1. The van der Waals surface area contributed by atoms with Gasteiger partial charge in [0.25, 0.3) is 0 Å². The molecule has 1 aliphatic rings. The number of carbonyl (C=O) groups is 3. The average Bonchev–Trinajstić information content (AvgIpc) is 2.36. The molecular weight excluding hydrogens is 284 g/mol. The first-order valence-electron chi connectivity index (χ1n) is 7.89. The van der Waals surface area contributed by atoms with Gasteiger partial charge in [0.05, 0.1) is 5.92 Å². The molecule has 2 N–H and O–H groups in total. The Morgan fingerprint density at radius 3 is 2.09 bits per heavy atom. The van der Waals surface area contributed by atoms with Gasteiger partial charge < -0.3 is 15.4 Å². The van der Waals surface area contributed by atoms with Crippen molar-refractivity contribution >= 4 is 17.8 Å². The van der Waals surface area contributed by atoms with Crippen molar-refractivity contribution in [2.24, 2.45) is 5.92 Å². The maximum atomic E-state index is 12.0. The van der Waals surface area contributed by atoms with Gasteiger partial charge in [-0.3, -0.25) is 14.4 Å². The number of nitrogens with one attached hydrogen (secondary N) is 2. The first-order valence-corrected chi connectivity index (χ1v) is 7.89. The monoisotopic (exact) mass is 312 g/mol. The molecule has 0 aromatic rings. The highest BCUT2D eigenvalue weighted by molar-refractivity contribution is 5.86. The Kier molecular flexibility index (Phi) is 6.38. The SMILES string of the molecule is CC(=O)NC(C)C(=O)NC1CCC(C(=O)OC(C)(C)C)CC1. The average molecular weight is 312 g/mol. The van der Waals surface area contributed by atoms with Gasteiger partial charge in [0.1, 0.15) is 11.6 Å². The number of rotatable bonds is 4. The van der Waals surface area contributed by atoms with Crippen LogP contribution in [0, 0.1) is 5.92 Å². The lowest BCUT2D eigenvalue weighted by molar-refractivity contribution is -0.161. The number of hydrogen-bond acceptors (Lipinski definition) is 4. The van der Waals surface area contributed by atoms with Crippen LogP contribution in [0.1, 0.15) is 60.3 Å². The molecule has 1 rings (SSSR count). The number of ether oxygens (including phenoxy) is 1. The summed E-state index contributed by atoms with van der Waals surface area (Å²) in [5, 5.41) is 5.49. The van der Waals surface area contributed by atoms with Crippen molar-refractivity contribution in [2.75, 3.05) is 0 Å². The summed E-state index contributed by atoms with van der Waals surface area (Å²) in [7, 11) is 0. The van der Waals surface area contributed by atoms with Crippen LogP contribution < -0.4 is 10.6 Å². The fourth-order valence-electron chi connectivity index (χ4n) is 2.56. The molecule has 1 atom stereocenters. The van der Waals surface area contributed by atoms with Crippen molar-refractivity contribution in [3.63, 3.8) is 0 Å². The molecule has 0 aliphatic heterocycles. The lowest BCUT2D eigenvalue weighted by atomic mass is 9.86. The zero-order chi connectivity index (χ0) is 16.9. The molecular formula is C16H28N2O4. The van der Waals surface area contributed by atoms with E-state index in [9.17, 15) is 14.4 Å². The van der Waals surface area contributed by atoms with Gasteiger partial charge in [-0.25, -0.2) is 0 Å². The van der Waals surface area contributed by atoms with Crippen molar-refractivity contribution in [3.05, 3.63) is 0 Å². The molecule has 1 aliphatic carbocycles. The molecule has 0 saturated heterocycles. The summed E-state index contributed by atoms with van der Waals surface area (Å²) in [5.74, 6) is -0.642. The van der Waals surface area contributed by atoms with Gasteiger partial charge in [0, 0.05) is 13.0 Å². The van der Waals surface area contributed by atoms with Gasteiger partial charge >= 0.3 is 5.97 Å². The standard InChI is InChI=1S/C16H28N2O4/c1-10(17-11(2)19)14(20)18-13-8-6-12(7-9-13)15(21)22-16(3,4)5/h10,12-13H,6-9H2,1-5H3,(H,17,19)(H,18,20). The van der Waals surface area contributed by atoms with Gasteiger partial charge in [0.2, 0.25) is 11.8 Å². The van der Waals surface area contributed by atoms with E-state index in [4.69, 9.17) is 4.74 Å². The summed E-state index contributed by atoms with van der Waals surface area (Å²) < 4.78 is 5.40. The molecule has 1 saturated carbocycles. The third-order valence-electron chi connectivity index (χ3n) is 3.63. The van der Waals surface area contributed by atoms with E-state index in [1.165, 1.54) is 6.92 Å². The van der Waals surface area contributed by atoms with Crippen LogP contribution in [0.3, 0.4) is 0 Å². The molecule has 0 heterocycles. The minimum Gasteiger partial charge on any atom is -0.460 e. The van der Waals surface area contributed by atoms with Crippen molar-refractivity contribution in [3.8, 4) is 0 Å². The van der Waals surface area contributed by atoms with E-state index in [0.717, 1.165) is 12.8 Å². The van der Waals surface area contributed by atoms with Crippen LogP contribution in [0.4, 0.5) is 0 Å². The minimum absolute atomic E-state index is 0.0578. The molecule has 2 amide bonds. The lowest BCUT2D eigenvalue weighted by Crippen LogP contribution is -2.48. The van der Waals surface area contributed by atoms with E-state index in [-0.39, 0.29) is 29.7 Å². The summed E-state index contributed by atoms with van der Waals surface area (Å²) in [4.78, 5) is 34.9. The number of hydrogen-bond donors (Lipinski definition) is 2. The van der Waals surface area contributed by atoms with Gasteiger partial charge in [-0.2, -0.15) is 0 Å². The highest BCUT2D eigenvalue weighted by atomic mass is 16.6. The predicted octanol–water partition coefficient (Wildman–Crippen LogP) is 1.53. The summed E-state index contributed by atoms with van der Waals surface area (Å²) >= 11 is 0. The van der Waals surface area contributed by atoms with Gasteiger partial charge in [-0.1, -0.05) is 0 Å². The van der Waals surface area contributed by atoms with E-state index in [0.29, 0.717) is 12.8 Å². The van der Waals surface area contributed by atoms with Crippen molar-refractivity contribution in [1.82, 2.24) is 10.6 Å². The molecule has 1 unspecified atom stereocenters. The second-order valence-electron chi connectivity index (χ2n) is 7.01. The third kappa shape index (κ3) is 6.45. The largest absolute Gasteiger partial charge is 0.460 e. The molecule has 0 bridgehead atoms. The second kappa shape index (κ2) is 7.61. The molecule has 126 valence electrons. The number of carbonyl (C=O) groups excluding carboxylic acids is 3. The van der Waals surface area contributed by atoms with Crippen LogP contribution in [-0.2, 0) is 19.1 Å². The molecule has 22 heavy (non-hydrogen) atoms. The first-order chi connectivity index (χ1) is 10.1. The quantitative estimate of drug-likeness (QED) is 0.771. The summed E-state index contributed by atoms with van der Waals surface area (Å²) in [6, 6.07) is -0.483. The first kappa shape index (κ1) is 18.5. The zero-order valence-corrected chi connectivity index (χ0v) is 14.2. The van der Waals surface area contributed by atoms with Crippen LogP contribution in [0.15, 0.2) is 0 Å². The predicted molar refractivity (Wildman–Crippen MR) is 83.0 cm³/mol. The highest BCUT2D eigenvalue weighted by Crippen LogP contribution is 2.27. The zero-order valence-electron chi connectivity index (χ0n) is 14.2. The van der Waals surface area contributed by atoms with Gasteiger partial charge in [-0.05, 0) is 53.4 Å². The fourth-order valence-corrected chi connectivity index (χ4v) is 2.56. The normalized spacial score (nSPS) is 23.3. The second-order valence-corrected chi connectivity index (χ2v) is 7.01. The smallest absolute Gasteiger partial charge is 0.309 e. The van der Waals surface area contributed by atoms with E-state index < -0.39 is 11.6 Å². The molecule has 0 aromatic heterocycles. The maximum Gasteiger partial charge on any atom is 0.309 e. The Labute approximate surface area is 132 Å². The Morgan fingerprint density at radius 2 is 1.64 bits per heavy atom. The summed E-state index contributed by atoms with van der Waals surface area (Å²) in [6.07, 6.45) is 2.94. The molecule has 1 fully saturated rings. The van der Waals surface area contributed by atoms with E-state index in [2.05, 4.69) is 10.6 Å². The molecule has 0 spiro atoms. The summed E-state index contributed by atoms with van der Waals surface area (Å²) in [5.41, 5.74) is -0.462. The lowest BCUT2D eigenvalue weighted by Gasteiger charge is -2.30. The van der Waals surface area contributed by atoms with E-state index in [1.807, 2.05) is 20.8 Å². The number of amides is 2. The minimum atomic E-state index is -0.541. The highest BCUT2D eigenvalue weighted by Gasteiger charge is 2.30. The summed E-state index contributed by atoms with van der Waals surface area (Å²) in [6.45, 7) is 8.62. The Hall–Kier alpha value is -1.59. The van der Waals surface area contributed by atoms with E-state index >= 15 is 0 Å². The molecule has 6 nitrogen and oxygen atoms in total. The molecule has 0 radical (unpaired) electrons. The Bertz CT molecular complexity index is 420. The van der Waals surface area contributed by atoms with Gasteiger partial charge in [-0.15, -0.1) is 0 Å². The van der Waals surface area contributed by atoms with Crippen LogP contribution in [0.5, 0.6) is 0 Å². The van der Waals surface area contributed by atoms with Crippen molar-refractivity contribution in [1.29, 1.82) is 0 Å². The molecule has 6 heteroatoms. The van der Waals surface area contributed by atoms with Crippen molar-refractivity contribution < 1.29 is 19.1 Å². The Morgan fingerprint density at radius 1 is 1.09 bits per heavy atom. The Balaban J connectivity index is 2.38. The third-order valence-corrected chi connectivity index (χ3v) is 3.63. The molecule has 0 aromatic carbocycles. The van der Waals surface area contributed by atoms with E-state index in [1.54, 1.807) is 6.92 Å². The van der Waals surface area contributed by atoms with Crippen LogP contribution >= 0.6 is 0 Å². The van der Waals surface area contributed by atoms with Crippen LogP contribution in [0.25, 0.3) is 0 Å². The van der Waals surface area contributed by atoms with Crippen LogP contribution in [-0.4, -0.2) is 35.5 Å².